The standard InChI is InChI=1S/C9H10ClN3O3/c10-7-2-1-5(4-12-7)13-9(16)6(11)3-8(14)15/h1-2,4,6H,3,11H2,(H,13,16)(H,14,15). The number of aromatic nitrogens is 1. The number of hydrogen-bond acceptors (Lipinski definition) is 4. The van der Waals surface area contributed by atoms with Crippen LogP contribution in [0, 0.1) is 0 Å². The van der Waals surface area contributed by atoms with Gasteiger partial charge in [0.1, 0.15) is 5.15 Å². The van der Waals surface area contributed by atoms with Crippen LogP contribution < -0.4 is 11.1 Å². The zero-order valence-electron chi connectivity index (χ0n) is 8.18. The molecule has 0 aliphatic heterocycles. The summed E-state index contributed by atoms with van der Waals surface area (Å²) in [6.45, 7) is 0. The Bertz CT molecular complexity index is 393. The van der Waals surface area contributed by atoms with E-state index in [1.807, 2.05) is 0 Å². The normalized spacial score (nSPS) is 11.9. The van der Waals surface area contributed by atoms with Crippen LogP contribution in [0.3, 0.4) is 0 Å². The smallest absolute Gasteiger partial charge is 0.305 e. The van der Waals surface area contributed by atoms with Crippen LogP contribution in [0.4, 0.5) is 5.69 Å². The van der Waals surface area contributed by atoms with Crippen molar-refractivity contribution in [3.63, 3.8) is 0 Å². The molecule has 1 atom stereocenters. The number of halogens is 1. The van der Waals surface area contributed by atoms with E-state index in [-0.39, 0.29) is 0 Å². The first kappa shape index (κ1) is 12.4. The van der Waals surface area contributed by atoms with Gasteiger partial charge in [0.15, 0.2) is 0 Å². The van der Waals surface area contributed by atoms with Crippen LogP contribution in [0.2, 0.25) is 5.15 Å². The molecule has 1 aromatic rings. The van der Waals surface area contributed by atoms with Crippen LogP contribution >= 0.6 is 11.6 Å². The van der Waals surface area contributed by atoms with E-state index in [2.05, 4.69) is 10.3 Å². The highest BCUT2D eigenvalue weighted by atomic mass is 35.5. The fourth-order valence-corrected chi connectivity index (χ4v) is 1.08. The third-order valence-electron chi connectivity index (χ3n) is 1.73. The molecule has 1 rings (SSSR count). The van der Waals surface area contributed by atoms with Gasteiger partial charge in [-0.15, -0.1) is 0 Å². The zero-order valence-corrected chi connectivity index (χ0v) is 8.94. The molecule has 1 amide bonds. The summed E-state index contributed by atoms with van der Waals surface area (Å²) in [6, 6.07) is 1.95. The molecule has 0 spiro atoms. The number of amides is 1. The number of carboxylic acids is 1. The lowest BCUT2D eigenvalue weighted by Gasteiger charge is -2.09. The van der Waals surface area contributed by atoms with E-state index in [0.717, 1.165) is 0 Å². The summed E-state index contributed by atoms with van der Waals surface area (Å²) in [5.41, 5.74) is 5.77. The highest BCUT2D eigenvalue weighted by Gasteiger charge is 2.16. The summed E-state index contributed by atoms with van der Waals surface area (Å²) in [5.74, 6) is -1.71. The third kappa shape index (κ3) is 3.84. The number of aliphatic carboxylic acids is 1. The average Bonchev–Trinajstić information content (AvgIpc) is 2.20. The van der Waals surface area contributed by atoms with Gasteiger partial charge in [0.25, 0.3) is 0 Å². The van der Waals surface area contributed by atoms with Gasteiger partial charge in [-0.3, -0.25) is 9.59 Å². The number of carbonyl (C=O) groups excluding carboxylic acids is 1. The second-order valence-electron chi connectivity index (χ2n) is 3.06. The van der Waals surface area contributed by atoms with E-state index in [0.29, 0.717) is 10.8 Å². The first-order valence-corrected chi connectivity index (χ1v) is 4.76. The third-order valence-corrected chi connectivity index (χ3v) is 1.95. The molecule has 0 fully saturated rings. The van der Waals surface area contributed by atoms with Crippen molar-refractivity contribution in [1.29, 1.82) is 0 Å². The van der Waals surface area contributed by atoms with Gasteiger partial charge >= 0.3 is 5.97 Å². The first-order valence-electron chi connectivity index (χ1n) is 4.39. The number of nitrogens with two attached hydrogens (primary N) is 1. The minimum Gasteiger partial charge on any atom is -0.481 e. The van der Waals surface area contributed by atoms with Crippen LogP contribution in [0.15, 0.2) is 18.3 Å². The van der Waals surface area contributed by atoms with Crippen molar-refractivity contribution in [2.75, 3.05) is 5.32 Å². The molecule has 0 saturated heterocycles. The van der Waals surface area contributed by atoms with Gasteiger partial charge in [-0.2, -0.15) is 0 Å². The van der Waals surface area contributed by atoms with Gasteiger partial charge in [-0.05, 0) is 12.1 Å². The summed E-state index contributed by atoms with van der Waals surface area (Å²) < 4.78 is 0. The van der Waals surface area contributed by atoms with Crippen molar-refractivity contribution in [3.8, 4) is 0 Å². The first-order chi connectivity index (χ1) is 7.49. The maximum Gasteiger partial charge on any atom is 0.305 e. The molecule has 0 saturated carbocycles. The van der Waals surface area contributed by atoms with E-state index >= 15 is 0 Å². The minimum absolute atomic E-state index is 0.299. The van der Waals surface area contributed by atoms with Crippen LogP contribution in [-0.4, -0.2) is 28.0 Å². The van der Waals surface area contributed by atoms with Crippen molar-refractivity contribution in [2.45, 2.75) is 12.5 Å². The highest BCUT2D eigenvalue weighted by Crippen LogP contribution is 2.09. The summed E-state index contributed by atoms with van der Waals surface area (Å²) in [6.07, 6.45) is 0.931. The van der Waals surface area contributed by atoms with Gasteiger partial charge in [-0.1, -0.05) is 11.6 Å². The molecular formula is C9H10ClN3O3. The quantitative estimate of drug-likeness (QED) is 0.667. The van der Waals surface area contributed by atoms with E-state index in [1.54, 1.807) is 6.07 Å². The molecule has 0 aliphatic rings. The largest absolute Gasteiger partial charge is 0.481 e. The van der Waals surface area contributed by atoms with Gasteiger partial charge in [0, 0.05) is 0 Å². The van der Waals surface area contributed by atoms with Crippen molar-refractivity contribution in [1.82, 2.24) is 4.98 Å². The molecule has 6 nitrogen and oxygen atoms in total. The van der Waals surface area contributed by atoms with Crippen molar-refractivity contribution in [3.05, 3.63) is 23.5 Å². The van der Waals surface area contributed by atoms with E-state index in [4.69, 9.17) is 22.4 Å². The number of nitrogens with one attached hydrogen (secondary N) is 1. The maximum atomic E-state index is 11.4. The van der Waals surface area contributed by atoms with Gasteiger partial charge in [0.05, 0.1) is 24.3 Å². The van der Waals surface area contributed by atoms with Gasteiger partial charge in [-0.25, -0.2) is 4.98 Å². The number of hydrogen-bond donors (Lipinski definition) is 3. The fraction of sp³-hybridized carbons (Fsp3) is 0.222. The Balaban J connectivity index is 2.57. The lowest BCUT2D eigenvalue weighted by molar-refractivity contribution is -0.138. The van der Waals surface area contributed by atoms with Crippen molar-refractivity contribution in [2.24, 2.45) is 5.73 Å². The lowest BCUT2D eigenvalue weighted by Crippen LogP contribution is -2.37. The number of carboxylic acid groups (broad SMARTS) is 1. The zero-order chi connectivity index (χ0) is 12.1. The van der Waals surface area contributed by atoms with Crippen LogP contribution in [-0.2, 0) is 9.59 Å². The molecule has 1 aromatic heterocycles. The second-order valence-corrected chi connectivity index (χ2v) is 3.45. The second kappa shape index (κ2) is 5.43. The van der Waals surface area contributed by atoms with E-state index < -0.39 is 24.3 Å². The van der Waals surface area contributed by atoms with Crippen molar-refractivity contribution >= 4 is 29.2 Å². The monoisotopic (exact) mass is 243 g/mol. The SMILES string of the molecule is NC(CC(=O)O)C(=O)Nc1ccc(Cl)nc1. The maximum absolute atomic E-state index is 11.4. The van der Waals surface area contributed by atoms with Crippen LogP contribution in [0.25, 0.3) is 0 Å². The number of nitrogens with zero attached hydrogens (tertiary/aromatic N) is 1. The molecule has 16 heavy (non-hydrogen) atoms. The Kier molecular flexibility index (Phi) is 4.21. The predicted molar refractivity (Wildman–Crippen MR) is 58.1 cm³/mol. The lowest BCUT2D eigenvalue weighted by atomic mass is 10.2. The highest BCUT2D eigenvalue weighted by molar-refractivity contribution is 6.29. The molecule has 4 N–H and O–H groups in total. The van der Waals surface area contributed by atoms with E-state index in [9.17, 15) is 9.59 Å². The average molecular weight is 244 g/mol. The Morgan fingerprint density at radius 3 is 2.75 bits per heavy atom. The Labute approximate surface area is 96.4 Å². The molecule has 86 valence electrons. The molecular weight excluding hydrogens is 234 g/mol. The topological polar surface area (TPSA) is 105 Å². The fourth-order valence-electron chi connectivity index (χ4n) is 0.966. The minimum atomic E-state index is -1.13. The molecule has 1 unspecified atom stereocenters. The Morgan fingerprint density at radius 2 is 2.25 bits per heavy atom. The molecule has 7 heteroatoms. The molecule has 0 bridgehead atoms. The number of pyridine rings is 1. The molecule has 1 heterocycles. The molecule has 0 aromatic carbocycles. The van der Waals surface area contributed by atoms with Gasteiger partial charge < -0.3 is 16.2 Å². The van der Waals surface area contributed by atoms with Crippen LogP contribution in [0.5, 0.6) is 0 Å². The Morgan fingerprint density at radius 1 is 1.56 bits per heavy atom. The number of carbonyl (C=O) groups is 2. The molecule has 0 radical (unpaired) electrons. The summed E-state index contributed by atoms with van der Waals surface area (Å²) in [7, 11) is 0. The van der Waals surface area contributed by atoms with Gasteiger partial charge in [0.2, 0.25) is 5.91 Å². The summed E-state index contributed by atoms with van der Waals surface area (Å²) in [5, 5.41) is 11.2. The summed E-state index contributed by atoms with van der Waals surface area (Å²) >= 11 is 5.55. The number of rotatable bonds is 4. The molecule has 0 aliphatic carbocycles. The van der Waals surface area contributed by atoms with Crippen LogP contribution in [0.1, 0.15) is 6.42 Å². The Hall–Kier alpha value is -1.66. The van der Waals surface area contributed by atoms with Crippen molar-refractivity contribution < 1.29 is 14.7 Å². The van der Waals surface area contributed by atoms with E-state index in [1.165, 1.54) is 12.3 Å². The number of anilines is 1. The summed E-state index contributed by atoms with van der Waals surface area (Å²) in [4.78, 5) is 25.4. The predicted octanol–water partition coefficient (Wildman–Crippen LogP) is 0.475.